The summed E-state index contributed by atoms with van der Waals surface area (Å²) < 4.78 is 94.8. The molecule has 2 aromatic rings. The number of methoxy groups -OCH3 is 1. The van der Waals surface area contributed by atoms with Crippen LogP contribution in [0.4, 0.5) is 26.3 Å². The largest absolute Gasteiger partial charge is 0.481 e. The van der Waals surface area contributed by atoms with Crippen LogP contribution in [0.2, 0.25) is 0 Å². The molecule has 3 atom stereocenters. The van der Waals surface area contributed by atoms with Crippen molar-refractivity contribution in [3.05, 3.63) is 62.7 Å². The van der Waals surface area contributed by atoms with Gasteiger partial charge < -0.3 is 15.2 Å². The lowest BCUT2D eigenvalue weighted by atomic mass is 9.85. The molecule has 0 unspecified atom stereocenters. The summed E-state index contributed by atoms with van der Waals surface area (Å²) in [5, 5.41) is 14.7. The van der Waals surface area contributed by atoms with Crippen molar-refractivity contribution in [3.63, 3.8) is 0 Å². The van der Waals surface area contributed by atoms with Crippen molar-refractivity contribution in [2.45, 2.75) is 50.7 Å². The molecule has 0 radical (unpaired) electrons. The van der Waals surface area contributed by atoms with E-state index in [4.69, 9.17) is 9.57 Å². The van der Waals surface area contributed by atoms with Gasteiger partial charge in [0.25, 0.3) is 11.8 Å². The van der Waals surface area contributed by atoms with Crippen molar-refractivity contribution in [1.29, 1.82) is 0 Å². The number of nitrogens with zero attached hydrogens (tertiary/aromatic N) is 4. The predicted molar refractivity (Wildman–Crippen MR) is 148 cm³/mol. The molecule has 45 heavy (non-hydrogen) atoms. The van der Waals surface area contributed by atoms with Gasteiger partial charge in [-0.2, -0.15) is 5.06 Å². The summed E-state index contributed by atoms with van der Waals surface area (Å²) in [5.74, 6) is -12.4. The number of thiazole rings is 1. The first-order valence-corrected chi connectivity index (χ1v) is 14.5. The number of esters is 1. The van der Waals surface area contributed by atoms with Gasteiger partial charge in [0.1, 0.15) is 17.5 Å². The first-order chi connectivity index (χ1) is 21.0. The number of hydroxylamine groups is 2. The number of hydrogen-bond donors (Lipinski definition) is 2. The average Bonchev–Trinajstić information content (AvgIpc) is 3.70. The Morgan fingerprint density at radius 1 is 1.27 bits per heavy atom. The quantitative estimate of drug-likeness (QED) is 0.305. The lowest BCUT2D eigenvalue weighted by Gasteiger charge is -2.35. The van der Waals surface area contributed by atoms with E-state index in [1.807, 2.05) is 0 Å². The van der Waals surface area contributed by atoms with Gasteiger partial charge >= 0.3 is 11.9 Å². The van der Waals surface area contributed by atoms with Crippen LogP contribution in [0.25, 0.3) is 0 Å². The first-order valence-electron chi connectivity index (χ1n) is 13.6. The molecular formula is C28H29F6N5O5S. The smallest absolute Gasteiger partial charge is 0.338 e. The number of likely N-dealkylation sites (tertiary alicyclic amines) is 1. The zero-order valence-electron chi connectivity index (χ0n) is 24.4. The van der Waals surface area contributed by atoms with E-state index in [-0.39, 0.29) is 34.8 Å². The van der Waals surface area contributed by atoms with E-state index >= 15 is 17.6 Å². The second kappa shape index (κ2) is 11.7. The maximum absolute atomic E-state index is 15.5. The van der Waals surface area contributed by atoms with E-state index < -0.39 is 78.7 Å². The number of halogens is 6. The number of carboxylic acids is 1. The molecular weight excluding hydrogens is 632 g/mol. The molecule has 5 rings (SSSR count). The second-order valence-electron chi connectivity index (χ2n) is 11.5. The molecule has 3 aliphatic rings. The molecule has 10 nitrogen and oxygen atoms in total. The summed E-state index contributed by atoms with van der Waals surface area (Å²) in [7, 11) is 1.09. The number of alkyl halides is 4. The second-order valence-corrected chi connectivity index (χ2v) is 12.4. The molecule has 0 saturated carbocycles. The zero-order chi connectivity index (χ0) is 33.1. The van der Waals surface area contributed by atoms with Crippen molar-refractivity contribution in [2.75, 3.05) is 33.4 Å². The highest BCUT2D eigenvalue weighted by Crippen LogP contribution is 2.45. The molecule has 1 aromatic heterocycles. The van der Waals surface area contributed by atoms with Gasteiger partial charge in [-0.15, -0.1) is 11.3 Å². The zero-order valence-corrected chi connectivity index (χ0v) is 25.2. The number of fused-ring (bicyclic) bond motifs is 1. The number of aromatic nitrogens is 1. The minimum atomic E-state index is -3.95. The molecule has 2 saturated heterocycles. The Bertz CT molecular complexity index is 1570. The average molecular weight is 662 g/mol. The third-order valence-corrected chi connectivity index (χ3v) is 9.19. The third-order valence-electron chi connectivity index (χ3n) is 8.41. The van der Waals surface area contributed by atoms with Crippen LogP contribution in [-0.4, -0.2) is 95.1 Å². The number of benzene rings is 1. The normalized spacial score (nSPS) is 24.0. The molecule has 0 spiro atoms. The number of ether oxygens (including phenoxy) is 1. The molecule has 2 N–H and O–H groups in total. The number of aliphatic imine (C=N–C) groups is 1. The van der Waals surface area contributed by atoms with E-state index in [1.165, 1.54) is 35.4 Å². The van der Waals surface area contributed by atoms with Gasteiger partial charge in [0.05, 0.1) is 38.4 Å². The predicted octanol–water partition coefficient (Wildman–Crippen LogP) is 3.93. The van der Waals surface area contributed by atoms with Crippen molar-refractivity contribution < 1.29 is 50.6 Å². The van der Waals surface area contributed by atoms with Gasteiger partial charge in [0.15, 0.2) is 22.5 Å². The Labute approximate surface area is 257 Å². The van der Waals surface area contributed by atoms with Crippen LogP contribution in [0.1, 0.15) is 36.0 Å². The van der Waals surface area contributed by atoms with E-state index in [2.05, 4.69) is 15.3 Å². The van der Waals surface area contributed by atoms with Crippen LogP contribution in [0.15, 0.2) is 40.0 Å². The number of aliphatic carboxylic acids is 1. The number of rotatable bonds is 9. The summed E-state index contributed by atoms with van der Waals surface area (Å²) in [6, 6.07) is -2.13. The Kier molecular flexibility index (Phi) is 8.52. The highest BCUT2D eigenvalue weighted by atomic mass is 32.1. The van der Waals surface area contributed by atoms with Gasteiger partial charge in [-0.05, 0) is 38.0 Å². The molecule has 0 bridgehead atoms. The minimum absolute atomic E-state index is 0.0448. The van der Waals surface area contributed by atoms with Crippen LogP contribution in [0.3, 0.4) is 0 Å². The SMILES string of the molecule is COC(=O)C1=C(CN2CC(F)(F)[C@H]3[C@@H]2CON3CC(F)(F)C(C)(C)C(=O)O)NC(c2nccs2)=N[C@H]1c1ccc(F)c(F)c1C. The van der Waals surface area contributed by atoms with E-state index in [1.54, 1.807) is 5.38 Å². The molecule has 1 aromatic carbocycles. The summed E-state index contributed by atoms with van der Waals surface area (Å²) >= 11 is 1.17. The molecule has 4 heterocycles. The number of amidine groups is 1. The first kappa shape index (κ1) is 32.8. The minimum Gasteiger partial charge on any atom is -0.481 e. The van der Waals surface area contributed by atoms with E-state index in [0.717, 1.165) is 27.0 Å². The summed E-state index contributed by atoms with van der Waals surface area (Å²) in [4.78, 5) is 40.0. The van der Waals surface area contributed by atoms with Crippen molar-refractivity contribution >= 4 is 29.1 Å². The number of carboxylic acid groups (broad SMARTS) is 1. The van der Waals surface area contributed by atoms with E-state index in [9.17, 15) is 23.5 Å². The van der Waals surface area contributed by atoms with Crippen LogP contribution < -0.4 is 5.32 Å². The number of carbonyl (C=O) groups is 2. The Morgan fingerprint density at radius 2 is 1.98 bits per heavy atom. The van der Waals surface area contributed by atoms with Crippen LogP contribution in [-0.2, 0) is 19.2 Å². The highest BCUT2D eigenvalue weighted by Gasteiger charge is 2.64. The highest BCUT2D eigenvalue weighted by molar-refractivity contribution is 7.11. The molecule has 3 aliphatic heterocycles. The monoisotopic (exact) mass is 661 g/mol. The molecule has 0 aliphatic carbocycles. The number of hydrogen-bond acceptors (Lipinski definition) is 10. The summed E-state index contributed by atoms with van der Waals surface area (Å²) in [5.41, 5.74) is -2.71. The van der Waals surface area contributed by atoms with Crippen LogP contribution in [0.5, 0.6) is 0 Å². The molecule has 2 fully saturated rings. The van der Waals surface area contributed by atoms with Gasteiger partial charge in [0, 0.05) is 23.8 Å². The maximum Gasteiger partial charge on any atom is 0.338 e. The third kappa shape index (κ3) is 5.70. The maximum atomic E-state index is 15.5. The topological polar surface area (TPSA) is 117 Å². The lowest BCUT2D eigenvalue weighted by molar-refractivity contribution is -0.235. The van der Waals surface area contributed by atoms with Gasteiger partial charge in [0.2, 0.25) is 0 Å². The fourth-order valence-corrected chi connectivity index (χ4v) is 6.18. The number of nitrogens with one attached hydrogen (secondary N) is 1. The standard InChI is InChI=1S/C28H29F6N5O5S/c1-13-14(5-6-15(29)19(13)30)20-18(24(40)43-4)16(36-22(37-20)23-35-7-8-45-23)9-38-11-27(31,32)21-17(38)10-44-39(21)12-28(33,34)26(2,3)25(41)42/h5-8,17,20-21H,9-12H2,1-4H3,(H,36,37)(H,41,42)/t17-,20-,21+/m0/s1. The summed E-state index contributed by atoms with van der Waals surface area (Å²) in [6.45, 7) is -0.227. The lowest BCUT2D eigenvalue weighted by Crippen LogP contribution is -2.54. The fraction of sp³-hybridized carbons (Fsp3) is 0.500. The molecule has 17 heteroatoms. The van der Waals surface area contributed by atoms with Crippen molar-refractivity contribution in [2.24, 2.45) is 10.4 Å². The molecule has 244 valence electrons. The fourth-order valence-electron chi connectivity index (χ4n) is 5.59. The van der Waals surface area contributed by atoms with Gasteiger partial charge in [-0.25, -0.2) is 36.1 Å². The van der Waals surface area contributed by atoms with Crippen molar-refractivity contribution in [1.82, 2.24) is 20.3 Å². The van der Waals surface area contributed by atoms with Crippen LogP contribution >= 0.6 is 11.3 Å². The van der Waals surface area contributed by atoms with Gasteiger partial charge in [-0.1, -0.05) is 6.07 Å². The Hall–Kier alpha value is -3.54. The van der Waals surface area contributed by atoms with E-state index in [0.29, 0.717) is 10.1 Å². The number of carbonyl (C=O) groups excluding carboxylic acids is 1. The molecule has 0 amide bonds. The Balaban J connectivity index is 1.52. The van der Waals surface area contributed by atoms with Gasteiger partial charge in [-0.3, -0.25) is 19.5 Å². The van der Waals surface area contributed by atoms with Crippen LogP contribution in [0, 0.1) is 24.0 Å². The van der Waals surface area contributed by atoms with Crippen molar-refractivity contribution in [3.8, 4) is 0 Å². The Morgan fingerprint density at radius 3 is 2.60 bits per heavy atom. The summed E-state index contributed by atoms with van der Waals surface area (Å²) in [6.07, 6.45) is 1.48.